The van der Waals surface area contributed by atoms with E-state index in [1.165, 1.54) is 24.4 Å². The minimum absolute atomic E-state index is 0.0851. The summed E-state index contributed by atoms with van der Waals surface area (Å²) in [5.74, 6) is -0.876. The molecule has 7 heteroatoms. The first-order chi connectivity index (χ1) is 8.97. The molecule has 0 spiro atoms. The fourth-order valence-electron chi connectivity index (χ4n) is 1.40. The summed E-state index contributed by atoms with van der Waals surface area (Å²) in [6.45, 7) is 0. The summed E-state index contributed by atoms with van der Waals surface area (Å²) in [4.78, 5) is 15.7. The summed E-state index contributed by atoms with van der Waals surface area (Å²) in [7, 11) is 0. The molecule has 0 fully saturated rings. The zero-order valence-corrected chi connectivity index (χ0v) is 11.0. The van der Waals surface area contributed by atoms with E-state index in [9.17, 15) is 9.18 Å². The Labute approximate surface area is 118 Å². The van der Waals surface area contributed by atoms with Crippen molar-refractivity contribution in [2.24, 2.45) is 0 Å². The number of nitrogens with one attached hydrogen (secondary N) is 1. The molecule has 0 saturated carbocycles. The smallest absolute Gasteiger partial charge is 0.257 e. The summed E-state index contributed by atoms with van der Waals surface area (Å²) >= 11 is 11.5. The number of nitrogens with zero attached hydrogens (tertiary/aromatic N) is 1. The summed E-state index contributed by atoms with van der Waals surface area (Å²) in [5, 5.41) is 2.62. The van der Waals surface area contributed by atoms with Crippen LogP contribution in [0.3, 0.4) is 0 Å². The number of amides is 1. The Balaban J connectivity index is 2.25. The second kappa shape index (κ2) is 5.42. The fraction of sp³-hybridized carbons (Fsp3) is 0. The van der Waals surface area contributed by atoms with E-state index in [1.807, 2.05) is 0 Å². The molecule has 2 aromatic rings. The quantitative estimate of drug-likeness (QED) is 0.893. The molecule has 3 N–H and O–H groups in total. The second-order valence-electron chi connectivity index (χ2n) is 3.67. The fourth-order valence-corrected chi connectivity index (χ4v) is 1.77. The highest BCUT2D eigenvalue weighted by Gasteiger charge is 2.12. The third-order valence-corrected chi connectivity index (χ3v) is 2.89. The molecule has 1 aromatic heterocycles. The van der Waals surface area contributed by atoms with Gasteiger partial charge in [0.25, 0.3) is 5.91 Å². The molecule has 1 amide bonds. The van der Waals surface area contributed by atoms with Gasteiger partial charge in [-0.15, -0.1) is 0 Å². The molecule has 1 aromatic carbocycles. The van der Waals surface area contributed by atoms with Crippen LogP contribution in [0.2, 0.25) is 10.0 Å². The average molecular weight is 300 g/mol. The molecule has 0 bridgehead atoms. The van der Waals surface area contributed by atoms with Crippen LogP contribution in [0.1, 0.15) is 10.4 Å². The lowest BCUT2D eigenvalue weighted by molar-refractivity contribution is 0.102. The highest BCUT2D eigenvalue weighted by Crippen LogP contribution is 2.22. The molecule has 4 nitrogen and oxygen atoms in total. The van der Waals surface area contributed by atoms with Gasteiger partial charge in [-0.25, -0.2) is 9.37 Å². The zero-order chi connectivity index (χ0) is 14.0. The normalized spacial score (nSPS) is 10.3. The standard InChI is InChI=1S/C12H8Cl2FN3O/c13-8-3-6(1-2-10(8)15)18-12(19)7-4-11(16)17-5-9(7)14/h1-5H,(H2,16,17)(H,18,19). The van der Waals surface area contributed by atoms with Crippen LogP contribution < -0.4 is 11.1 Å². The van der Waals surface area contributed by atoms with E-state index in [4.69, 9.17) is 28.9 Å². The lowest BCUT2D eigenvalue weighted by Gasteiger charge is -2.07. The molecule has 19 heavy (non-hydrogen) atoms. The first kappa shape index (κ1) is 13.6. The Morgan fingerprint density at radius 2 is 2.00 bits per heavy atom. The van der Waals surface area contributed by atoms with Crippen molar-refractivity contribution in [2.45, 2.75) is 0 Å². The van der Waals surface area contributed by atoms with Gasteiger partial charge in [0.15, 0.2) is 0 Å². The predicted molar refractivity (Wildman–Crippen MR) is 73.0 cm³/mol. The number of nitrogen functional groups attached to an aromatic ring is 1. The molecule has 0 aliphatic carbocycles. The first-order valence-electron chi connectivity index (χ1n) is 5.15. The topological polar surface area (TPSA) is 68.0 Å². The minimum Gasteiger partial charge on any atom is -0.384 e. The van der Waals surface area contributed by atoms with Crippen molar-refractivity contribution in [1.29, 1.82) is 0 Å². The number of halogens is 3. The van der Waals surface area contributed by atoms with Crippen molar-refractivity contribution in [1.82, 2.24) is 4.98 Å². The Kier molecular flexibility index (Phi) is 3.87. The van der Waals surface area contributed by atoms with Gasteiger partial charge < -0.3 is 11.1 Å². The van der Waals surface area contributed by atoms with Crippen LogP contribution >= 0.6 is 23.2 Å². The summed E-state index contributed by atoms with van der Waals surface area (Å²) in [5.41, 5.74) is 6.01. The van der Waals surface area contributed by atoms with Crippen molar-refractivity contribution >= 4 is 40.6 Å². The van der Waals surface area contributed by atoms with E-state index in [2.05, 4.69) is 10.3 Å². The molecular formula is C12H8Cl2FN3O. The molecule has 1 heterocycles. The molecule has 0 saturated heterocycles. The van der Waals surface area contributed by atoms with Crippen molar-refractivity contribution in [3.8, 4) is 0 Å². The largest absolute Gasteiger partial charge is 0.384 e. The molecule has 0 unspecified atom stereocenters. The Hall–Kier alpha value is -1.85. The molecule has 0 aliphatic heterocycles. The van der Waals surface area contributed by atoms with Crippen LogP contribution in [0.5, 0.6) is 0 Å². The van der Waals surface area contributed by atoms with Gasteiger partial charge in [-0.05, 0) is 24.3 Å². The Morgan fingerprint density at radius 3 is 2.68 bits per heavy atom. The Bertz CT molecular complexity index is 649. The summed E-state index contributed by atoms with van der Waals surface area (Å²) < 4.78 is 13.0. The van der Waals surface area contributed by atoms with Crippen molar-refractivity contribution in [2.75, 3.05) is 11.1 Å². The molecule has 0 atom stereocenters. The number of hydrogen-bond donors (Lipinski definition) is 2. The number of hydrogen-bond acceptors (Lipinski definition) is 3. The molecule has 98 valence electrons. The number of anilines is 2. The Morgan fingerprint density at radius 1 is 1.26 bits per heavy atom. The molecular weight excluding hydrogens is 292 g/mol. The molecule has 0 radical (unpaired) electrons. The highest BCUT2D eigenvalue weighted by atomic mass is 35.5. The maximum absolute atomic E-state index is 13.0. The highest BCUT2D eigenvalue weighted by molar-refractivity contribution is 6.34. The number of carbonyl (C=O) groups is 1. The number of pyridine rings is 1. The average Bonchev–Trinajstić information content (AvgIpc) is 2.36. The summed E-state index contributed by atoms with van der Waals surface area (Å²) in [6.07, 6.45) is 1.28. The van der Waals surface area contributed by atoms with Gasteiger partial charge in [-0.1, -0.05) is 23.2 Å². The van der Waals surface area contributed by atoms with Crippen LogP contribution in [0.15, 0.2) is 30.5 Å². The SMILES string of the molecule is Nc1cc(C(=O)Nc2ccc(F)c(Cl)c2)c(Cl)cn1. The van der Waals surface area contributed by atoms with Crippen LogP contribution in [0.4, 0.5) is 15.9 Å². The minimum atomic E-state index is -0.564. The molecule has 2 rings (SSSR count). The van der Waals surface area contributed by atoms with E-state index < -0.39 is 11.7 Å². The van der Waals surface area contributed by atoms with Gasteiger partial charge in [0.2, 0.25) is 0 Å². The number of aromatic nitrogens is 1. The van der Waals surface area contributed by atoms with Gasteiger partial charge in [0.1, 0.15) is 11.6 Å². The van der Waals surface area contributed by atoms with Crippen molar-refractivity contribution in [3.05, 3.63) is 51.9 Å². The predicted octanol–water partition coefficient (Wildman–Crippen LogP) is 3.36. The van der Waals surface area contributed by atoms with Crippen molar-refractivity contribution < 1.29 is 9.18 Å². The van der Waals surface area contributed by atoms with E-state index in [0.717, 1.165) is 6.07 Å². The van der Waals surface area contributed by atoms with E-state index in [1.54, 1.807) is 0 Å². The van der Waals surface area contributed by atoms with E-state index >= 15 is 0 Å². The summed E-state index contributed by atoms with van der Waals surface area (Å²) in [6, 6.07) is 5.19. The van der Waals surface area contributed by atoms with Crippen LogP contribution in [0.25, 0.3) is 0 Å². The lowest BCUT2D eigenvalue weighted by atomic mass is 10.2. The van der Waals surface area contributed by atoms with E-state index in [0.29, 0.717) is 5.69 Å². The van der Waals surface area contributed by atoms with Gasteiger partial charge in [-0.2, -0.15) is 0 Å². The number of carbonyl (C=O) groups excluding carboxylic acids is 1. The maximum Gasteiger partial charge on any atom is 0.257 e. The van der Waals surface area contributed by atoms with Gasteiger partial charge in [-0.3, -0.25) is 4.79 Å². The van der Waals surface area contributed by atoms with Crippen molar-refractivity contribution in [3.63, 3.8) is 0 Å². The third-order valence-electron chi connectivity index (χ3n) is 2.30. The maximum atomic E-state index is 13.0. The number of rotatable bonds is 2. The van der Waals surface area contributed by atoms with Crippen LogP contribution in [-0.4, -0.2) is 10.9 Å². The van der Waals surface area contributed by atoms with Gasteiger partial charge in [0.05, 0.1) is 15.6 Å². The number of nitrogens with two attached hydrogens (primary N) is 1. The third kappa shape index (κ3) is 3.13. The second-order valence-corrected chi connectivity index (χ2v) is 4.49. The monoisotopic (exact) mass is 299 g/mol. The lowest BCUT2D eigenvalue weighted by Crippen LogP contribution is -2.13. The zero-order valence-electron chi connectivity index (χ0n) is 9.45. The van der Waals surface area contributed by atoms with E-state index in [-0.39, 0.29) is 21.4 Å². The molecule has 0 aliphatic rings. The van der Waals surface area contributed by atoms with Gasteiger partial charge in [0, 0.05) is 11.9 Å². The van der Waals surface area contributed by atoms with Gasteiger partial charge >= 0.3 is 0 Å². The van der Waals surface area contributed by atoms with Crippen LogP contribution in [0, 0.1) is 5.82 Å². The number of benzene rings is 1. The van der Waals surface area contributed by atoms with Crippen LogP contribution in [-0.2, 0) is 0 Å². The first-order valence-corrected chi connectivity index (χ1v) is 5.90.